The molecule has 2 rings (SSSR count). The highest BCUT2D eigenvalue weighted by molar-refractivity contribution is 7.11. The monoisotopic (exact) mass is 266 g/mol. The van der Waals surface area contributed by atoms with E-state index in [1.54, 1.807) is 0 Å². The molecule has 0 saturated carbocycles. The van der Waals surface area contributed by atoms with Gasteiger partial charge in [-0.05, 0) is 41.1 Å². The third kappa shape index (κ3) is 3.99. The van der Waals surface area contributed by atoms with Gasteiger partial charge in [-0.3, -0.25) is 4.79 Å². The summed E-state index contributed by atoms with van der Waals surface area (Å²) in [4.78, 5) is 11.5. The molecule has 1 aromatic carbocycles. The van der Waals surface area contributed by atoms with Gasteiger partial charge < -0.3 is 0 Å². The van der Waals surface area contributed by atoms with Crippen molar-refractivity contribution in [2.75, 3.05) is 0 Å². The summed E-state index contributed by atoms with van der Waals surface area (Å²) in [5.41, 5.74) is 2.20. The molecular formula is C14H15ClOS. The van der Waals surface area contributed by atoms with Crippen molar-refractivity contribution in [3.05, 3.63) is 56.7 Å². The maximum absolute atomic E-state index is 10.7. The molecule has 1 heterocycles. The third-order valence-electron chi connectivity index (χ3n) is 2.17. The highest BCUT2D eigenvalue weighted by Crippen LogP contribution is 2.20. The lowest BCUT2D eigenvalue weighted by Crippen LogP contribution is -1.89. The van der Waals surface area contributed by atoms with Crippen LogP contribution >= 0.6 is 22.9 Å². The van der Waals surface area contributed by atoms with Crippen LogP contribution in [-0.4, -0.2) is 6.29 Å². The maximum atomic E-state index is 10.7. The van der Waals surface area contributed by atoms with Gasteiger partial charge in [-0.25, -0.2) is 0 Å². The van der Waals surface area contributed by atoms with E-state index in [1.165, 1.54) is 11.3 Å². The Balaban J connectivity index is 0.000000686. The van der Waals surface area contributed by atoms with Crippen molar-refractivity contribution in [3.8, 4) is 0 Å². The van der Waals surface area contributed by atoms with Crippen LogP contribution in [-0.2, 0) is 6.42 Å². The van der Waals surface area contributed by atoms with Crippen molar-refractivity contribution in [2.45, 2.75) is 20.3 Å². The van der Waals surface area contributed by atoms with Gasteiger partial charge in [-0.15, -0.1) is 11.3 Å². The molecule has 0 saturated heterocycles. The van der Waals surface area contributed by atoms with E-state index in [1.807, 2.05) is 49.6 Å². The molecule has 0 bridgehead atoms. The van der Waals surface area contributed by atoms with E-state index in [0.29, 0.717) is 0 Å². The number of thiophene rings is 1. The second-order valence-corrected chi connectivity index (χ2v) is 4.62. The Hall–Kier alpha value is -1.12. The smallest absolute Gasteiger partial charge is 0.160 e. The lowest BCUT2D eigenvalue weighted by molar-refractivity contribution is 0.112. The third-order valence-corrected chi connectivity index (χ3v) is 3.29. The first-order valence-corrected chi connectivity index (χ1v) is 6.81. The number of benzene rings is 1. The molecule has 0 aliphatic carbocycles. The van der Waals surface area contributed by atoms with Gasteiger partial charge in [0, 0.05) is 5.02 Å². The Morgan fingerprint density at radius 1 is 1.29 bits per heavy atom. The Kier molecular flexibility index (Phi) is 5.95. The molecule has 0 aliphatic rings. The quantitative estimate of drug-likeness (QED) is 0.727. The summed E-state index contributed by atoms with van der Waals surface area (Å²) in [6, 6.07) is 9.69. The van der Waals surface area contributed by atoms with Gasteiger partial charge in [0.05, 0.1) is 4.88 Å². The molecule has 3 heteroatoms. The van der Waals surface area contributed by atoms with Crippen molar-refractivity contribution in [1.82, 2.24) is 0 Å². The molecule has 1 nitrogen and oxygen atoms in total. The summed E-state index contributed by atoms with van der Waals surface area (Å²) < 4.78 is 0. The molecule has 0 spiro atoms. The van der Waals surface area contributed by atoms with Crippen LogP contribution in [0.3, 0.4) is 0 Å². The Bertz CT molecular complexity index is 477. The average molecular weight is 267 g/mol. The summed E-state index contributed by atoms with van der Waals surface area (Å²) in [5.74, 6) is 0. The molecule has 0 aliphatic heterocycles. The van der Waals surface area contributed by atoms with Crippen LogP contribution in [0.25, 0.3) is 0 Å². The number of hydrogen-bond acceptors (Lipinski definition) is 2. The summed E-state index contributed by atoms with van der Waals surface area (Å²) in [6.07, 6.45) is 1.67. The lowest BCUT2D eigenvalue weighted by Gasteiger charge is -2.00. The largest absolute Gasteiger partial charge is 0.297 e. The van der Waals surface area contributed by atoms with Crippen LogP contribution in [0.1, 0.15) is 34.6 Å². The molecule has 0 atom stereocenters. The summed E-state index contributed by atoms with van der Waals surface area (Å²) in [7, 11) is 0. The van der Waals surface area contributed by atoms with Crippen molar-refractivity contribution < 1.29 is 4.79 Å². The van der Waals surface area contributed by atoms with Gasteiger partial charge in [0.25, 0.3) is 0 Å². The zero-order chi connectivity index (χ0) is 12.7. The fraction of sp³-hybridized carbons (Fsp3) is 0.214. The fourth-order valence-corrected chi connectivity index (χ4v) is 2.40. The highest BCUT2D eigenvalue weighted by atomic mass is 35.5. The molecule has 0 amide bonds. The molecule has 90 valence electrons. The fourth-order valence-electron chi connectivity index (χ4n) is 1.46. The van der Waals surface area contributed by atoms with E-state index >= 15 is 0 Å². The van der Waals surface area contributed by atoms with Crippen molar-refractivity contribution >= 4 is 29.2 Å². The molecule has 0 fully saturated rings. The SMILES string of the molecule is CC.O=Cc1sccc1Cc1cccc(Cl)c1. The van der Waals surface area contributed by atoms with Gasteiger partial charge in [-0.2, -0.15) is 0 Å². The van der Waals surface area contributed by atoms with E-state index < -0.39 is 0 Å². The minimum Gasteiger partial charge on any atom is -0.297 e. The van der Waals surface area contributed by atoms with E-state index in [0.717, 1.165) is 33.7 Å². The molecule has 2 aromatic rings. The number of aldehydes is 1. The van der Waals surface area contributed by atoms with Crippen molar-refractivity contribution in [2.24, 2.45) is 0 Å². The van der Waals surface area contributed by atoms with Crippen molar-refractivity contribution in [3.63, 3.8) is 0 Å². The Labute approximate surface area is 111 Å². The first-order valence-electron chi connectivity index (χ1n) is 5.55. The first-order chi connectivity index (χ1) is 8.29. The first kappa shape index (κ1) is 13.9. The van der Waals surface area contributed by atoms with Crippen LogP contribution in [0.4, 0.5) is 0 Å². The molecule has 1 aromatic heterocycles. The second kappa shape index (κ2) is 7.25. The zero-order valence-corrected chi connectivity index (χ0v) is 11.5. The number of halogens is 1. The number of carbonyl (C=O) groups is 1. The van der Waals surface area contributed by atoms with Gasteiger partial charge in [0.15, 0.2) is 6.29 Å². The standard InChI is InChI=1S/C12H9ClOS.C2H6/c13-11-3-1-2-9(7-11)6-10-4-5-15-12(10)8-14;1-2/h1-5,7-8H,6H2;1-2H3. The minimum absolute atomic E-state index is 0.732. The zero-order valence-electron chi connectivity index (χ0n) is 9.94. The van der Waals surface area contributed by atoms with Gasteiger partial charge in [0.1, 0.15) is 0 Å². The second-order valence-electron chi connectivity index (χ2n) is 3.23. The summed E-state index contributed by atoms with van der Waals surface area (Å²) >= 11 is 7.36. The molecular weight excluding hydrogens is 252 g/mol. The maximum Gasteiger partial charge on any atom is 0.160 e. The number of rotatable bonds is 3. The highest BCUT2D eigenvalue weighted by Gasteiger charge is 2.04. The van der Waals surface area contributed by atoms with Gasteiger partial charge in [-0.1, -0.05) is 37.6 Å². The predicted octanol–water partition coefficient (Wildman–Crippen LogP) is 4.83. The van der Waals surface area contributed by atoms with Crippen LogP contribution in [0.5, 0.6) is 0 Å². The lowest BCUT2D eigenvalue weighted by atomic mass is 10.1. The summed E-state index contributed by atoms with van der Waals surface area (Å²) in [5, 5.41) is 2.67. The van der Waals surface area contributed by atoms with E-state index in [-0.39, 0.29) is 0 Å². The number of carbonyl (C=O) groups excluding carboxylic acids is 1. The average Bonchev–Trinajstić information content (AvgIpc) is 2.79. The minimum atomic E-state index is 0.732. The molecule has 17 heavy (non-hydrogen) atoms. The topological polar surface area (TPSA) is 17.1 Å². The number of hydrogen-bond donors (Lipinski definition) is 0. The Morgan fingerprint density at radius 2 is 2.06 bits per heavy atom. The van der Waals surface area contributed by atoms with Crippen molar-refractivity contribution in [1.29, 1.82) is 0 Å². The van der Waals surface area contributed by atoms with Crippen LogP contribution in [0.15, 0.2) is 35.7 Å². The van der Waals surface area contributed by atoms with Gasteiger partial charge in [0.2, 0.25) is 0 Å². The van der Waals surface area contributed by atoms with E-state index in [4.69, 9.17) is 11.6 Å². The Morgan fingerprint density at radius 3 is 2.71 bits per heavy atom. The van der Waals surface area contributed by atoms with Gasteiger partial charge >= 0.3 is 0 Å². The molecule has 0 radical (unpaired) electrons. The van der Waals surface area contributed by atoms with E-state index in [2.05, 4.69) is 0 Å². The van der Waals surface area contributed by atoms with Crippen LogP contribution in [0.2, 0.25) is 5.02 Å². The van der Waals surface area contributed by atoms with E-state index in [9.17, 15) is 4.79 Å². The summed E-state index contributed by atoms with van der Waals surface area (Å²) in [6.45, 7) is 4.00. The molecule has 0 N–H and O–H groups in total. The molecule has 0 unspecified atom stereocenters. The van der Waals surface area contributed by atoms with Crippen LogP contribution < -0.4 is 0 Å². The van der Waals surface area contributed by atoms with Crippen LogP contribution in [0, 0.1) is 0 Å². The normalized spacial score (nSPS) is 9.35. The predicted molar refractivity (Wildman–Crippen MR) is 75.3 cm³/mol.